The van der Waals surface area contributed by atoms with E-state index in [1.807, 2.05) is 6.11 Å². The fraction of sp³-hybridized carbons (Fsp3) is 0. The first-order valence-electron chi connectivity index (χ1n) is 3.14. The van der Waals surface area contributed by atoms with Crippen molar-refractivity contribution >= 4 is 17.7 Å². The zero-order chi connectivity index (χ0) is 8.81. The van der Waals surface area contributed by atoms with Gasteiger partial charge in [-0.1, -0.05) is 10.8 Å². The number of nitrogens with two attached hydrogens (primary N) is 1. The summed E-state index contributed by atoms with van der Waals surface area (Å²) in [6.07, 6.45) is 6.67. The summed E-state index contributed by atoms with van der Waals surface area (Å²) in [5.74, 6) is 0. The average Bonchev–Trinajstić information content (AvgIpc) is 2.09. The van der Waals surface area contributed by atoms with E-state index in [1.54, 1.807) is 24.3 Å². The molecule has 1 aromatic rings. The van der Waals surface area contributed by atoms with Crippen LogP contribution in [0.5, 0.6) is 0 Å². The van der Waals surface area contributed by atoms with Crippen LogP contribution in [0.4, 0.5) is 5.69 Å². The van der Waals surface area contributed by atoms with E-state index in [-0.39, 0.29) is 0 Å². The van der Waals surface area contributed by atoms with Crippen molar-refractivity contribution in [1.82, 2.24) is 0 Å². The molecular formula is C8H7NO2S. The summed E-state index contributed by atoms with van der Waals surface area (Å²) < 4.78 is 4.55. The maximum atomic E-state index is 5.47. The van der Waals surface area contributed by atoms with Gasteiger partial charge in [-0.3, -0.25) is 4.89 Å². The van der Waals surface area contributed by atoms with Crippen molar-refractivity contribution in [1.29, 1.82) is 0 Å². The monoisotopic (exact) mass is 181 g/mol. The summed E-state index contributed by atoms with van der Waals surface area (Å²) in [4.78, 5) is 5.10. The van der Waals surface area contributed by atoms with Crippen molar-refractivity contribution in [2.75, 3.05) is 5.73 Å². The zero-order valence-electron chi connectivity index (χ0n) is 6.19. The van der Waals surface area contributed by atoms with Crippen LogP contribution in [0.3, 0.4) is 0 Å². The van der Waals surface area contributed by atoms with E-state index >= 15 is 0 Å². The molecule has 2 N–H and O–H groups in total. The molecule has 4 heteroatoms. The van der Waals surface area contributed by atoms with E-state index in [1.165, 1.54) is 0 Å². The predicted octanol–water partition coefficient (Wildman–Crippen LogP) is 1.81. The molecule has 0 atom stereocenters. The molecule has 0 amide bonds. The maximum Gasteiger partial charge on any atom is 0.155 e. The van der Waals surface area contributed by atoms with Crippen LogP contribution >= 0.6 is 12.0 Å². The Labute approximate surface area is 75.0 Å². The minimum atomic E-state index is 0.706. The lowest BCUT2D eigenvalue weighted by Crippen LogP contribution is -1.83. The Hall–Kier alpha value is -1.31. The van der Waals surface area contributed by atoms with Crippen molar-refractivity contribution < 1.29 is 9.22 Å². The Morgan fingerprint density at radius 3 is 2.58 bits per heavy atom. The highest BCUT2D eigenvalue weighted by atomic mass is 32.2. The smallest absolute Gasteiger partial charge is 0.155 e. The van der Waals surface area contributed by atoms with Gasteiger partial charge in [0.1, 0.15) is 0 Å². The van der Waals surface area contributed by atoms with Crippen LogP contribution in [-0.2, 0) is 9.22 Å². The summed E-state index contributed by atoms with van der Waals surface area (Å²) >= 11 is 1.03. The fourth-order valence-corrected chi connectivity index (χ4v) is 0.998. The van der Waals surface area contributed by atoms with Crippen LogP contribution in [0.25, 0.3) is 0 Å². The van der Waals surface area contributed by atoms with Crippen molar-refractivity contribution in [3.63, 3.8) is 0 Å². The highest BCUT2D eigenvalue weighted by Gasteiger charge is 1.93. The van der Waals surface area contributed by atoms with Gasteiger partial charge in [-0.25, -0.2) is 0 Å². The molecule has 0 aliphatic heterocycles. The maximum absolute atomic E-state index is 5.47. The average molecular weight is 181 g/mol. The molecule has 0 aromatic heterocycles. The molecule has 0 aliphatic carbocycles. The van der Waals surface area contributed by atoms with Crippen LogP contribution in [-0.4, -0.2) is 0 Å². The molecule has 62 valence electrons. The Morgan fingerprint density at radius 2 is 2.00 bits per heavy atom. The number of hydrogen-bond donors (Lipinski definition) is 1. The molecule has 0 saturated carbocycles. The highest BCUT2D eigenvalue weighted by Crippen LogP contribution is 2.19. The molecule has 12 heavy (non-hydrogen) atoms. The van der Waals surface area contributed by atoms with Gasteiger partial charge in [0.05, 0.1) is 12.0 Å². The van der Waals surface area contributed by atoms with E-state index in [9.17, 15) is 0 Å². The third kappa shape index (κ3) is 2.74. The minimum absolute atomic E-state index is 0.706. The van der Waals surface area contributed by atoms with E-state index < -0.39 is 0 Å². The molecular weight excluding hydrogens is 174 g/mol. The standard InChI is InChI=1S/C8H7NO2S/c1-2-10-11-12-8-5-3-7(9)4-6-8/h1,3-6H,9H2. The van der Waals surface area contributed by atoms with Gasteiger partial charge in [-0.15, -0.1) is 0 Å². The van der Waals surface area contributed by atoms with Gasteiger partial charge in [0.15, 0.2) is 6.11 Å². The molecule has 0 aliphatic rings. The summed E-state index contributed by atoms with van der Waals surface area (Å²) in [6, 6.07) is 7.14. The Bertz CT molecular complexity index is 278. The second-order valence-electron chi connectivity index (χ2n) is 1.92. The van der Waals surface area contributed by atoms with Gasteiger partial charge in [0, 0.05) is 10.6 Å². The number of nitrogen functional groups attached to an aromatic ring is 1. The summed E-state index contributed by atoms with van der Waals surface area (Å²) in [5.41, 5.74) is 6.17. The first-order chi connectivity index (χ1) is 5.83. The van der Waals surface area contributed by atoms with E-state index in [4.69, 9.17) is 12.2 Å². The second-order valence-corrected chi connectivity index (χ2v) is 2.70. The molecule has 0 saturated heterocycles. The fourth-order valence-electron chi connectivity index (χ4n) is 0.599. The molecule has 1 rings (SSSR count). The molecule has 1 aromatic carbocycles. The lowest BCUT2D eigenvalue weighted by molar-refractivity contribution is -0.113. The number of rotatable bonds is 3. The first-order valence-corrected chi connectivity index (χ1v) is 3.88. The minimum Gasteiger partial charge on any atom is -0.399 e. The van der Waals surface area contributed by atoms with Crippen LogP contribution in [0.1, 0.15) is 0 Å². The lowest BCUT2D eigenvalue weighted by Gasteiger charge is -1.97. The first kappa shape index (κ1) is 8.78. The largest absolute Gasteiger partial charge is 0.399 e. The molecule has 0 radical (unpaired) electrons. The van der Waals surface area contributed by atoms with Gasteiger partial charge >= 0.3 is 0 Å². The normalized spacial score (nSPS) is 8.92. The van der Waals surface area contributed by atoms with E-state index in [0.717, 1.165) is 16.9 Å². The topological polar surface area (TPSA) is 44.5 Å². The van der Waals surface area contributed by atoms with Crippen molar-refractivity contribution in [3.8, 4) is 12.5 Å². The van der Waals surface area contributed by atoms with Crippen molar-refractivity contribution in [2.45, 2.75) is 4.90 Å². The van der Waals surface area contributed by atoms with Gasteiger partial charge in [-0.05, 0) is 24.3 Å². The zero-order valence-corrected chi connectivity index (χ0v) is 7.01. The SMILES string of the molecule is C#COOSc1ccc(N)cc1. The quantitative estimate of drug-likeness (QED) is 0.193. The van der Waals surface area contributed by atoms with Crippen LogP contribution < -0.4 is 5.73 Å². The molecule has 0 spiro atoms. The molecule has 0 fully saturated rings. The summed E-state index contributed by atoms with van der Waals surface area (Å²) in [6.45, 7) is 0. The van der Waals surface area contributed by atoms with E-state index in [0.29, 0.717) is 5.69 Å². The number of hydrogen-bond acceptors (Lipinski definition) is 4. The number of anilines is 1. The molecule has 0 unspecified atom stereocenters. The molecule has 0 bridgehead atoms. The third-order valence-corrected chi connectivity index (χ3v) is 1.69. The molecule has 0 heterocycles. The second kappa shape index (κ2) is 4.54. The van der Waals surface area contributed by atoms with Crippen molar-refractivity contribution in [2.24, 2.45) is 0 Å². The number of benzene rings is 1. The van der Waals surface area contributed by atoms with Crippen LogP contribution in [0.2, 0.25) is 0 Å². The Balaban J connectivity index is 2.43. The van der Waals surface area contributed by atoms with E-state index in [2.05, 4.69) is 9.22 Å². The van der Waals surface area contributed by atoms with Gasteiger partial charge in [0.25, 0.3) is 0 Å². The Morgan fingerprint density at radius 1 is 1.33 bits per heavy atom. The molecule has 3 nitrogen and oxygen atoms in total. The van der Waals surface area contributed by atoms with Crippen molar-refractivity contribution in [3.05, 3.63) is 24.3 Å². The summed E-state index contributed by atoms with van der Waals surface area (Å²) in [7, 11) is 0. The predicted molar refractivity (Wildman–Crippen MR) is 47.7 cm³/mol. The van der Waals surface area contributed by atoms with Gasteiger partial charge in [0.2, 0.25) is 0 Å². The van der Waals surface area contributed by atoms with Crippen LogP contribution in [0, 0.1) is 12.5 Å². The van der Waals surface area contributed by atoms with Crippen LogP contribution in [0.15, 0.2) is 29.2 Å². The number of terminal acetylenes is 1. The highest BCUT2D eigenvalue weighted by molar-refractivity contribution is 7.94. The van der Waals surface area contributed by atoms with Gasteiger partial charge < -0.3 is 5.73 Å². The summed E-state index contributed by atoms with van der Waals surface area (Å²) in [5, 5.41) is 0. The Kier molecular flexibility index (Phi) is 3.33. The lowest BCUT2D eigenvalue weighted by atomic mass is 10.3. The van der Waals surface area contributed by atoms with Gasteiger partial charge in [-0.2, -0.15) is 0 Å². The third-order valence-electron chi connectivity index (χ3n) is 1.09.